The van der Waals surface area contributed by atoms with E-state index in [-0.39, 0.29) is 0 Å². The van der Waals surface area contributed by atoms with Crippen molar-refractivity contribution in [3.05, 3.63) is 41.3 Å². The fraction of sp³-hybridized carbons (Fsp3) is 0.375. The minimum absolute atomic E-state index is 0.365. The van der Waals surface area contributed by atoms with E-state index < -0.39 is 0 Å². The van der Waals surface area contributed by atoms with Crippen molar-refractivity contribution in [3.63, 3.8) is 0 Å². The topological polar surface area (TPSA) is 12.4 Å². The molecule has 0 aromatic heterocycles. The van der Waals surface area contributed by atoms with Gasteiger partial charge in [-0.15, -0.1) is 6.42 Å². The van der Waals surface area contributed by atoms with Crippen LogP contribution in [0.3, 0.4) is 0 Å². The Labute approximate surface area is 104 Å². The fourth-order valence-electron chi connectivity index (χ4n) is 1.60. The van der Waals surface area contributed by atoms with Gasteiger partial charge in [-0.2, -0.15) is 0 Å². The zero-order valence-electron chi connectivity index (χ0n) is 10.9. The standard InChI is InChI=1S/C16H19N/c1-6-12(4)15-9-10-17-16(13(5)7-2)14(8-3)11-15/h3,10-11,13H,4,6-7H2,1-2,5H3. The highest BCUT2D eigenvalue weighted by Gasteiger charge is 2.14. The maximum atomic E-state index is 5.58. The van der Waals surface area contributed by atoms with Gasteiger partial charge >= 0.3 is 0 Å². The largest absolute Gasteiger partial charge is 0.251 e. The van der Waals surface area contributed by atoms with Crippen LogP contribution in [0, 0.1) is 18.3 Å². The van der Waals surface area contributed by atoms with Gasteiger partial charge in [0.05, 0.1) is 11.9 Å². The number of aliphatic imine (C=N–C) groups is 1. The molecule has 0 saturated carbocycles. The summed E-state index contributed by atoms with van der Waals surface area (Å²) in [6.07, 6.45) is 11.2. The molecule has 1 unspecified atom stereocenters. The van der Waals surface area contributed by atoms with E-state index in [1.54, 1.807) is 6.20 Å². The van der Waals surface area contributed by atoms with Crippen molar-refractivity contribution in [1.29, 1.82) is 0 Å². The first-order valence-corrected chi connectivity index (χ1v) is 6.03. The molecule has 0 bridgehead atoms. The summed E-state index contributed by atoms with van der Waals surface area (Å²) in [6.45, 7) is 10.4. The molecule has 0 fully saturated rings. The third kappa shape index (κ3) is 3.09. The minimum Gasteiger partial charge on any atom is -0.251 e. The first kappa shape index (κ1) is 13.3. The lowest BCUT2D eigenvalue weighted by molar-refractivity contribution is 0.740. The van der Waals surface area contributed by atoms with Gasteiger partial charge in [0.15, 0.2) is 0 Å². The van der Waals surface area contributed by atoms with Crippen LogP contribution in [-0.4, -0.2) is 5.71 Å². The van der Waals surface area contributed by atoms with Crippen molar-refractivity contribution >= 4 is 5.71 Å². The fourth-order valence-corrected chi connectivity index (χ4v) is 1.60. The van der Waals surface area contributed by atoms with E-state index in [0.717, 1.165) is 35.3 Å². The summed E-state index contributed by atoms with van der Waals surface area (Å²) in [5.74, 6) is 3.09. The Kier molecular flexibility index (Phi) is 4.76. The van der Waals surface area contributed by atoms with Gasteiger partial charge in [0.1, 0.15) is 0 Å². The van der Waals surface area contributed by atoms with Crippen molar-refractivity contribution in [2.24, 2.45) is 10.9 Å². The van der Waals surface area contributed by atoms with Crippen LogP contribution >= 0.6 is 0 Å². The number of hydrogen-bond acceptors (Lipinski definition) is 1. The molecule has 0 aromatic rings. The molecular formula is C16H19N. The number of allylic oxidation sites excluding steroid dienone is 4. The van der Waals surface area contributed by atoms with E-state index in [1.807, 2.05) is 6.08 Å². The summed E-state index contributed by atoms with van der Waals surface area (Å²) in [5, 5.41) is 0. The van der Waals surface area contributed by atoms with Gasteiger partial charge in [-0.05, 0) is 30.4 Å². The van der Waals surface area contributed by atoms with Crippen molar-refractivity contribution in [3.8, 4) is 12.3 Å². The molecule has 88 valence electrons. The van der Waals surface area contributed by atoms with E-state index >= 15 is 0 Å². The van der Waals surface area contributed by atoms with Crippen LogP contribution in [0.4, 0.5) is 0 Å². The van der Waals surface area contributed by atoms with Gasteiger partial charge in [0, 0.05) is 11.1 Å². The van der Waals surface area contributed by atoms with E-state index in [2.05, 4.69) is 44.0 Å². The molecule has 1 aliphatic rings. The number of nitrogens with zero attached hydrogens (tertiary/aromatic N) is 1. The molecule has 1 rings (SSSR count). The molecule has 0 aliphatic carbocycles. The molecule has 0 amide bonds. The maximum absolute atomic E-state index is 5.58. The van der Waals surface area contributed by atoms with Crippen molar-refractivity contribution in [1.82, 2.24) is 0 Å². The predicted octanol–water partition coefficient (Wildman–Crippen LogP) is 4.05. The lowest BCUT2D eigenvalue weighted by Crippen LogP contribution is -2.12. The molecule has 0 radical (unpaired) electrons. The van der Waals surface area contributed by atoms with Crippen LogP contribution in [0.25, 0.3) is 0 Å². The summed E-state index contributed by atoms with van der Waals surface area (Å²) in [6, 6.07) is 0. The highest BCUT2D eigenvalue weighted by Crippen LogP contribution is 2.20. The van der Waals surface area contributed by atoms with Crippen molar-refractivity contribution in [2.45, 2.75) is 33.6 Å². The van der Waals surface area contributed by atoms with E-state index in [9.17, 15) is 0 Å². The number of rotatable bonds is 4. The maximum Gasteiger partial charge on any atom is 0.0696 e. The summed E-state index contributed by atoms with van der Waals surface area (Å²) < 4.78 is 0. The summed E-state index contributed by atoms with van der Waals surface area (Å²) >= 11 is 0. The molecule has 0 aromatic carbocycles. The van der Waals surface area contributed by atoms with Gasteiger partial charge in [-0.25, -0.2) is 0 Å². The Balaban J connectivity index is 3.16. The Morgan fingerprint density at radius 1 is 1.59 bits per heavy atom. The summed E-state index contributed by atoms with van der Waals surface area (Å²) in [7, 11) is 0. The van der Waals surface area contributed by atoms with Crippen molar-refractivity contribution < 1.29 is 0 Å². The van der Waals surface area contributed by atoms with Crippen LogP contribution in [0.1, 0.15) is 33.6 Å². The molecule has 1 heteroatoms. The van der Waals surface area contributed by atoms with Gasteiger partial charge in [0.2, 0.25) is 0 Å². The average Bonchev–Trinajstić information content (AvgIpc) is 2.58. The SMILES string of the molecule is C#CC1=CC(C(=C)CC)=C=CN=C1C(C)CC. The van der Waals surface area contributed by atoms with Crippen LogP contribution in [0.15, 0.2) is 46.3 Å². The Morgan fingerprint density at radius 3 is 2.82 bits per heavy atom. The van der Waals surface area contributed by atoms with Crippen molar-refractivity contribution in [2.75, 3.05) is 0 Å². The Morgan fingerprint density at radius 2 is 2.29 bits per heavy atom. The molecule has 1 aliphatic heterocycles. The predicted molar refractivity (Wildman–Crippen MR) is 74.8 cm³/mol. The summed E-state index contributed by atoms with van der Waals surface area (Å²) in [5.41, 5.74) is 6.96. The van der Waals surface area contributed by atoms with Crippen LogP contribution in [0.5, 0.6) is 0 Å². The number of hydrogen-bond donors (Lipinski definition) is 0. The molecule has 1 heterocycles. The lowest BCUT2D eigenvalue weighted by Gasteiger charge is -2.11. The molecule has 1 atom stereocenters. The first-order valence-electron chi connectivity index (χ1n) is 6.03. The molecule has 0 spiro atoms. The van der Waals surface area contributed by atoms with E-state index in [1.165, 1.54) is 0 Å². The second-order valence-corrected chi connectivity index (χ2v) is 4.17. The zero-order chi connectivity index (χ0) is 12.8. The zero-order valence-corrected chi connectivity index (χ0v) is 10.9. The van der Waals surface area contributed by atoms with Gasteiger partial charge in [0.25, 0.3) is 0 Å². The molecule has 17 heavy (non-hydrogen) atoms. The van der Waals surface area contributed by atoms with Crippen LogP contribution < -0.4 is 0 Å². The highest BCUT2D eigenvalue weighted by molar-refractivity contribution is 6.06. The Bertz CT molecular complexity index is 474. The second kappa shape index (κ2) is 6.09. The third-order valence-electron chi connectivity index (χ3n) is 3.03. The van der Waals surface area contributed by atoms with Crippen LogP contribution in [0.2, 0.25) is 0 Å². The van der Waals surface area contributed by atoms with Crippen LogP contribution in [-0.2, 0) is 0 Å². The Hall–Kier alpha value is -1.77. The smallest absolute Gasteiger partial charge is 0.0696 e. The van der Waals surface area contributed by atoms with Gasteiger partial charge in [-0.3, -0.25) is 4.99 Å². The average molecular weight is 225 g/mol. The minimum atomic E-state index is 0.365. The normalized spacial score (nSPS) is 16.2. The highest BCUT2D eigenvalue weighted by atomic mass is 14.7. The molecule has 0 N–H and O–H groups in total. The van der Waals surface area contributed by atoms with E-state index in [4.69, 9.17) is 6.42 Å². The molecular weight excluding hydrogens is 206 g/mol. The number of terminal acetylenes is 1. The van der Waals surface area contributed by atoms with Gasteiger partial charge in [-0.1, -0.05) is 39.0 Å². The molecule has 0 saturated heterocycles. The lowest BCUT2D eigenvalue weighted by atomic mass is 9.94. The monoisotopic (exact) mass is 225 g/mol. The molecule has 1 nitrogen and oxygen atoms in total. The van der Waals surface area contributed by atoms with E-state index in [0.29, 0.717) is 5.92 Å². The van der Waals surface area contributed by atoms with Gasteiger partial charge < -0.3 is 0 Å². The third-order valence-corrected chi connectivity index (χ3v) is 3.03. The second-order valence-electron chi connectivity index (χ2n) is 4.17. The quantitative estimate of drug-likeness (QED) is 0.505. The summed E-state index contributed by atoms with van der Waals surface area (Å²) in [4.78, 5) is 4.42. The first-order chi connectivity index (χ1) is 8.13.